The molecule has 0 bridgehead atoms. The van der Waals surface area contributed by atoms with E-state index in [0.717, 1.165) is 5.75 Å². The Balaban J connectivity index is 1.73. The predicted octanol–water partition coefficient (Wildman–Crippen LogP) is 3.36. The summed E-state index contributed by atoms with van der Waals surface area (Å²) in [4.78, 5) is 25.6. The van der Waals surface area contributed by atoms with E-state index in [0.29, 0.717) is 31.0 Å². The molecule has 1 heterocycles. The molecule has 6 nitrogen and oxygen atoms in total. The molecule has 6 heteroatoms. The van der Waals surface area contributed by atoms with E-state index in [1.807, 2.05) is 30.3 Å². The molecular formula is C20H21NO5. The summed E-state index contributed by atoms with van der Waals surface area (Å²) in [7, 11) is 0. The van der Waals surface area contributed by atoms with Gasteiger partial charge in [0.15, 0.2) is 5.60 Å². The summed E-state index contributed by atoms with van der Waals surface area (Å²) in [5.74, 6) is -0.00665. The molecule has 0 aromatic heterocycles. The Kier molecular flexibility index (Phi) is 4.84. The second kappa shape index (κ2) is 7.07. The van der Waals surface area contributed by atoms with E-state index < -0.39 is 11.6 Å². The number of carbonyl (C=O) groups excluding carboxylic acids is 1. The first-order valence-corrected chi connectivity index (χ1v) is 8.45. The zero-order valence-corrected chi connectivity index (χ0v) is 14.8. The van der Waals surface area contributed by atoms with Gasteiger partial charge in [0, 0.05) is 6.54 Å². The van der Waals surface area contributed by atoms with Crippen LogP contribution in [0, 0.1) is 0 Å². The van der Waals surface area contributed by atoms with Crippen LogP contribution in [0.5, 0.6) is 11.5 Å². The first-order valence-electron chi connectivity index (χ1n) is 8.45. The summed E-state index contributed by atoms with van der Waals surface area (Å²) >= 11 is 0. The zero-order chi connectivity index (χ0) is 18.7. The zero-order valence-electron chi connectivity index (χ0n) is 14.8. The van der Waals surface area contributed by atoms with Gasteiger partial charge in [0.25, 0.3) is 5.91 Å². The Bertz CT molecular complexity index is 816. The number of para-hydroxylation sites is 1. The molecule has 0 spiro atoms. The molecule has 1 amide bonds. The van der Waals surface area contributed by atoms with Gasteiger partial charge in [0.1, 0.15) is 11.5 Å². The summed E-state index contributed by atoms with van der Waals surface area (Å²) in [6.45, 7) is 4.29. The van der Waals surface area contributed by atoms with Gasteiger partial charge in [-0.2, -0.15) is 0 Å². The molecule has 1 N–H and O–H groups in total. The van der Waals surface area contributed by atoms with E-state index in [4.69, 9.17) is 14.6 Å². The highest BCUT2D eigenvalue weighted by Crippen LogP contribution is 2.38. The maximum atomic E-state index is 12.7. The third-order valence-corrected chi connectivity index (χ3v) is 4.16. The van der Waals surface area contributed by atoms with Gasteiger partial charge in [-0.1, -0.05) is 18.2 Å². The van der Waals surface area contributed by atoms with Crippen molar-refractivity contribution in [2.45, 2.75) is 25.9 Å². The summed E-state index contributed by atoms with van der Waals surface area (Å²) in [5.41, 5.74) is -0.343. The highest BCUT2D eigenvalue weighted by molar-refractivity contribution is 6.03. The number of amides is 1. The fourth-order valence-corrected chi connectivity index (χ4v) is 2.86. The maximum absolute atomic E-state index is 12.7. The van der Waals surface area contributed by atoms with Gasteiger partial charge >= 0.3 is 5.97 Å². The molecule has 2 aromatic rings. The van der Waals surface area contributed by atoms with Crippen molar-refractivity contribution in [1.82, 2.24) is 0 Å². The second-order valence-electron chi connectivity index (χ2n) is 6.57. The third kappa shape index (κ3) is 3.64. The van der Waals surface area contributed by atoms with Crippen LogP contribution >= 0.6 is 0 Å². The first kappa shape index (κ1) is 17.8. The van der Waals surface area contributed by atoms with Crippen LogP contribution in [0.15, 0.2) is 48.5 Å². The topological polar surface area (TPSA) is 76.1 Å². The van der Waals surface area contributed by atoms with Crippen molar-refractivity contribution in [2.75, 3.05) is 18.1 Å². The third-order valence-electron chi connectivity index (χ3n) is 4.16. The smallest absolute Gasteiger partial charge is 0.335 e. The van der Waals surface area contributed by atoms with Crippen LogP contribution in [0.4, 0.5) is 5.69 Å². The molecule has 0 aliphatic carbocycles. The number of fused-ring (bicyclic) bond motifs is 1. The van der Waals surface area contributed by atoms with Crippen LogP contribution in [0.1, 0.15) is 30.6 Å². The molecule has 0 saturated heterocycles. The van der Waals surface area contributed by atoms with Crippen molar-refractivity contribution in [3.05, 3.63) is 54.1 Å². The number of rotatable bonds is 6. The maximum Gasteiger partial charge on any atom is 0.335 e. The highest BCUT2D eigenvalue weighted by atomic mass is 16.5. The monoisotopic (exact) mass is 355 g/mol. The molecule has 0 saturated carbocycles. The Morgan fingerprint density at radius 2 is 1.92 bits per heavy atom. The molecule has 26 heavy (non-hydrogen) atoms. The average molecular weight is 355 g/mol. The molecule has 0 fully saturated rings. The SMILES string of the molecule is CC1(C)Oc2cc(C(=O)O)ccc2N(CCCOc2ccccc2)C1=O. The molecule has 1 aliphatic heterocycles. The normalized spacial score (nSPS) is 15.2. The van der Waals surface area contributed by atoms with Crippen molar-refractivity contribution >= 4 is 17.6 Å². The second-order valence-corrected chi connectivity index (χ2v) is 6.57. The van der Waals surface area contributed by atoms with Crippen LogP contribution in [-0.4, -0.2) is 35.7 Å². The molecule has 0 radical (unpaired) electrons. The number of anilines is 1. The molecule has 2 aromatic carbocycles. The molecular weight excluding hydrogens is 334 g/mol. The minimum Gasteiger partial charge on any atom is -0.494 e. The summed E-state index contributed by atoms with van der Waals surface area (Å²) in [6, 6.07) is 14.0. The number of hydrogen-bond acceptors (Lipinski definition) is 4. The number of hydrogen-bond donors (Lipinski definition) is 1. The van der Waals surface area contributed by atoms with Crippen molar-refractivity contribution < 1.29 is 24.2 Å². The quantitative estimate of drug-likeness (QED) is 0.804. The standard InChI is InChI=1S/C20H21NO5/c1-20(2)19(24)21(11-6-12-25-15-7-4-3-5-8-15)16-10-9-14(18(22)23)13-17(16)26-20/h3-5,7-10,13H,6,11-12H2,1-2H3,(H,22,23). The Morgan fingerprint density at radius 3 is 2.62 bits per heavy atom. The first-order chi connectivity index (χ1) is 12.4. The minimum absolute atomic E-state index is 0.126. The van der Waals surface area contributed by atoms with Crippen molar-refractivity contribution in [3.8, 4) is 11.5 Å². The lowest BCUT2D eigenvalue weighted by molar-refractivity contribution is -0.132. The van der Waals surface area contributed by atoms with Gasteiger partial charge in [-0.3, -0.25) is 4.79 Å². The van der Waals surface area contributed by atoms with Gasteiger partial charge < -0.3 is 19.5 Å². The number of aromatic carboxylic acids is 1. The number of carboxylic acids is 1. The van der Waals surface area contributed by atoms with E-state index in [1.54, 1.807) is 24.8 Å². The average Bonchev–Trinajstić information content (AvgIpc) is 2.61. The highest BCUT2D eigenvalue weighted by Gasteiger charge is 2.40. The Morgan fingerprint density at radius 1 is 1.19 bits per heavy atom. The van der Waals surface area contributed by atoms with Crippen molar-refractivity contribution in [1.29, 1.82) is 0 Å². The number of carbonyl (C=O) groups is 2. The van der Waals surface area contributed by atoms with E-state index >= 15 is 0 Å². The molecule has 0 atom stereocenters. The molecule has 136 valence electrons. The van der Waals surface area contributed by atoms with E-state index in [-0.39, 0.29) is 11.5 Å². The number of carboxylic acid groups (broad SMARTS) is 1. The van der Waals surface area contributed by atoms with E-state index in [2.05, 4.69) is 0 Å². The fourth-order valence-electron chi connectivity index (χ4n) is 2.86. The number of benzene rings is 2. The van der Waals surface area contributed by atoms with Crippen LogP contribution in [-0.2, 0) is 4.79 Å². The predicted molar refractivity (Wildman–Crippen MR) is 97.0 cm³/mol. The lowest BCUT2D eigenvalue weighted by Gasteiger charge is -2.39. The summed E-state index contributed by atoms with van der Waals surface area (Å²) in [6.07, 6.45) is 0.636. The van der Waals surface area contributed by atoms with Gasteiger partial charge in [-0.15, -0.1) is 0 Å². The minimum atomic E-state index is -1.05. The number of ether oxygens (including phenoxy) is 2. The fraction of sp³-hybridized carbons (Fsp3) is 0.300. The largest absolute Gasteiger partial charge is 0.494 e. The van der Waals surface area contributed by atoms with Gasteiger partial charge in [0.05, 0.1) is 17.9 Å². The van der Waals surface area contributed by atoms with Crippen LogP contribution < -0.4 is 14.4 Å². The van der Waals surface area contributed by atoms with E-state index in [9.17, 15) is 9.59 Å². The van der Waals surface area contributed by atoms with Gasteiger partial charge in [0.2, 0.25) is 0 Å². The number of nitrogens with zero attached hydrogens (tertiary/aromatic N) is 1. The Hall–Kier alpha value is -3.02. The van der Waals surface area contributed by atoms with E-state index in [1.165, 1.54) is 12.1 Å². The van der Waals surface area contributed by atoms with Crippen molar-refractivity contribution in [3.63, 3.8) is 0 Å². The summed E-state index contributed by atoms with van der Waals surface area (Å²) < 4.78 is 11.4. The molecule has 3 rings (SSSR count). The van der Waals surface area contributed by atoms with Gasteiger partial charge in [-0.25, -0.2) is 4.79 Å². The summed E-state index contributed by atoms with van der Waals surface area (Å²) in [5, 5.41) is 9.16. The van der Waals surface area contributed by atoms with Crippen LogP contribution in [0.2, 0.25) is 0 Å². The molecule has 0 unspecified atom stereocenters. The Labute approximate surface area is 152 Å². The molecule has 1 aliphatic rings. The van der Waals surface area contributed by atoms with Crippen molar-refractivity contribution in [2.24, 2.45) is 0 Å². The van der Waals surface area contributed by atoms with Gasteiger partial charge in [-0.05, 0) is 50.6 Å². The lowest BCUT2D eigenvalue weighted by Crippen LogP contribution is -2.53. The van der Waals surface area contributed by atoms with Crippen LogP contribution in [0.25, 0.3) is 0 Å². The van der Waals surface area contributed by atoms with Crippen LogP contribution in [0.3, 0.4) is 0 Å². The lowest BCUT2D eigenvalue weighted by atomic mass is 10.0.